The van der Waals surface area contributed by atoms with Crippen molar-refractivity contribution in [2.75, 3.05) is 14.2 Å². The van der Waals surface area contributed by atoms with Gasteiger partial charge >= 0.3 is 5.69 Å². The number of ether oxygens (including phenoxy) is 1. The van der Waals surface area contributed by atoms with Crippen LogP contribution in [0, 0.1) is 21.4 Å². The van der Waals surface area contributed by atoms with Crippen LogP contribution in [0.3, 0.4) is 0 Å². The van der Waals surface area contributed by atoms with Crippen molar-refractivity contribution in [2.45, 2.75) is 17.9 Å². The molecule has 0 spiro atoms. The summed E-state index contributed by atoms with van der Waals surface area (Å²) < 4.78 is 30.1. The minimum atomic E-state index is -3.98. The SMILES string of the molecule is COc1ccc(S(=O)(=O)N(C)C(C)C#N)cc1[N+](=O)[O-]. The van der Waals surface area contributed by atoms with E-state index in [2.05, 4.69) is 0 Å². The molecule has 20 heavy (non-hydrogen) atoms. The molecular formula is C11H13N3O5S. The fraction of sp³-hybridized carbons (Fsp3) is 0.364. The molecule has 0 saturated heterocycles. The van der Waals surface area contributed by atoms with Crippen LogP contribution >= 0.6 is 0 Å². The van der Waals surface area contributed by atoms with Crippen molar-refractivity contribution >= 4 is 15.7 Å². The van der Waals surface area contributed by atoms with E-state index in [0.717, 1.165) is 10.4 Å². The van der Waals surface area contributed by atoms with E-state index >= 15 is 0 Å². The van der Waals surface area contributed by atoms with E-state index in [-0.39, 0.29) is 10.6 Å². The highest BCUT2D eigenvalue weighted by atomic mass is 32.2. The summed E-state index contributed by atoms with van der Waals surface area (Å²) in [4.78, 5) is 9.89. The Morgan fingerprint density at radius 1 is 1.50 bits per heavy atom. The van der Waals surface area contributed by atoms with Gasteiger partial charge in [0, 0.05) is 13.1 Å². The average Bonchev–Trinajstić information content (AvgIpc) is 2.44. The predicted molar refractivity (Wildman–Crippen MR) is 69.7 cm³/mol. The number of hydrogen-bond acceptors (Lipinski definition) is 6. The molecule has 1 rings (SSSR count). The number of methoxy groups -OCH3 is 1. The van der Waals surface area contributed by atoms with Crippen LogP contribution in [0.5, 0.6) is 5.75 Å². The Balaban J connectivity index is 3.38. The highest BCUT2D eigenvalue weighted by molar-refractivity contribution is 7.89. The lowest BCUT2D eigenvalue weighted by Crippen LogP contribution is -2.34. The molecule has 0 N–H and O–H groups in total. The standard InChI is InChI=1S/C11H13N3O5S/c1-8(7-12)13(2)20(17,18)9-4-5-11(19-3)10(6-9)14(15)16/h4-6,8H,1-3H3. The maximum Gasteiger partial charge on any atom is 0.312 e. The first-order chi connectivity index (χ1) is 9.25. The third-order valence-corrected chi connectivity index (χ3v) is 4.68. The third-order valence-electron chi connectivity index (χ3n) is 2.76. The zero-order valence-electron chi connectivity index (χ0n) is 11.1. The molecule has 0 aromatic heterocycles. The number of hydrogen-bond donors (Lipinski definition) is 0. The number of nitro groups is 1. The van der Waals surface area contributed by atoms with Crippen LogP contribution in [-0.4, -0.2) is 37.8 Å². The number of nitrogens with zero attached hydrogens (tertiary/aromatic N) is 3. The molecule has 0 aliphatic carbocycles. The molecule has 0 bridgehead atoms. The fourth-order valence-corrected chi connectivity index (χ4v) is 2.73. The van der Waals surface area contributed by atoms with E-state index in [0.29, 0.717) is 0 Å². The predicted octanol–water partition coefficient (Wildman–Crippen LogP) is 1.14. The zero-order valence-corrected chi connectivity index (χ0v) is 11.9. The molecule has 0 amide bonds. The summed E-state index contributed by atoms with van der Waals surface area (Å²) in [6, 6.07) is 4.21. The Kier molecular flexibility index (Phi) is 4.65. The van der Waals surface area contributed by atoms with Crippen LogP contribution in [-0.2, 0) is 10.0 Å². The van der Waals surface area contributed by atoms with Crippen molar-refractivity contribution < 1.29 is 18.1 Å². The second kappa shape index (κ2) is 5.85. The van der Waals surface area contributed by atoms with Gasteiger partial charge in [0.2, 0.25) is 10.0 Å². The van der Waals surface area contributed by atoms with Crippen LogP contribution in [0.15, 0.2) is 23.1 Å². The van der Waals surface area contributed by atoms with Gasteiger partial charge in [-0.05, 0) is 19.1 Å². The molecular weight excluding hydrogens is 286 g/mol. The quantitative estimate of drug-likeness (QED) is 0.595. The number of nitriles is 1. The maximum absolute atomic E-state index is 12.2. The number of benzene rings is 1. The summed E-state index contributed by atoms with van der Waals surface area (Å²) >= 11 is 0. The van der Waals surface area contributed by atoms with Gasteiger partial charge in [-0.25, -0.2) is 8.42 Å². The number of nitro benzene ring substituents is 1. The molecule has 8 nitrogen and oxygen atoms in total. The maximum atomic E-state index is 12.2. The van der Waals surface area contributed by atoms with Gasteiger partial charge in [0.1, 0.15) is 6.04 Å². The molecule has 0 aliphatic heterocycles. The Morgan fingerprint density at radius 3 is 2.55 bits per heavy atom. The van der Waals surface area contributed by atoms with Crippen LogP contribution in [0.4, 0.5) is 5.69 Å². The molecule has 1 aromatic carbocycles. The minimum Gasteiger partial charge on any atom is -0.490 e. The molecule has 1 unspecified atom stereocenters. The lowest BCUT2D eigenvalue weighted by Gasteiger charge is -2.19. The van der Waals surface area contributed by atoms with Crippen molar-refractivity contribution in [1.82, 2.24) is 4.31 Å². The lowest BCUT2D eigenvalue weighted by atomic mass is 10.3. The van der Waals surface area contributed by atoms with Crippen LogP contribution in [0.2, 0.25) is 0 Å². The Morgan fingerprint density at radius 2 is 2.10 bits per heavy atom. The Labute approximate surface area is 116 Å². The molecule has 0 fully saturated rings. The summed E-state index contributed by atoms with van der Waals surface area (Å²) in [6.07, 6.45) is 0. The molecule has 0 heterocycles. The molecule has 0 radical (unpaired) electrons. The van der Waals surface area contributed by atoms with Gasteiger partial charge in [0.15, 0.2) is 5.75 Å². The first-order valence-corrected chi connectivity index (χ1v) is 6.89. The van der Waals surface area contributed by atoms with Gasteiger partial charge in [-0.15, -0.1) is 0 Å². The van der Waals surface area contributed by atoms with Crippen molar-refractivity contribution in [3.63, 3.8) is 0 Å². The summed E-state index contributed by atoms with van der Waals surface area (Å²) in [5.74, 6) is -0.0371. The van der Waals surface area contributed by atoms with Crippen LogP contribution in [0.25, 0.3) is 0 Å². The molecule has 0 aliphatic rings. The summed E-state index contributed by atoms with van der Waals surface area (Å²) in [5, 5.41) is 19.6. The zero-order chi connectivity index (χ0) is 15.5. The average molecular weight is 299 g/mol. The minimum absolute atomic E-state index is 0.0371. The van der Waals surface area contributed by atoms with Gasteiger partial charge in [0.05, 0.1) is 23.0 Å². The van der Waals surface area contributed by atoms with Crippen LogP contribution in [0.1, 0.15) is 6.92 Å². The van der Waals surface area contributed by atoms with Crippen molar-refractivity contribution in [3.8, 4) is 11.8 Å². The molecule has 1 atom stereocenters. The molecule has 1 aromatic rings. The lowest BCUT2D eigenvalue weighted by molar-refractivity contribution is -0.386. The monoisotopic (exact) mass is 299 g/mol. The van der Waals surface area contributed by atoms with Gasteiger partial charge in [-0.1, -0.05) is 0 Å². The van der Waals surface area contributed by atoms with E-state index in [4.69, 9.17) is 10.00 Å². The van der Waals surface area contributed by atoms with Crippen LogP contribution < -0.4 is 4.74 Å². The number of sulfonamides is 1. The molecule has 9 heteroatoms. The van der Waals surface area contributed by atoms with Gasteiger partial charge in [-0.2, -0.15) is 9.57 Å². The highest BCUT2D eigenvalue weighted by Crippen LogP contribution is 2.30. The van der Waals surface area contributed by atoms with Gasteiger partial charge < -0.3 is 4.74 Å². The van der Waals surface area contributed by atoms with Crippen molar-refractivity contribution in [3.05, 3.63) is 28.3 Å². The smallest absolute Gasteiger partial charge is 0.312 e. The highest BCUT2D eigenvalue weighted by Gasteiger charge is 2.28. The van der Waals surface area contributed by atoms with E-state index in [1.165, 1.54) is 33.2 Å². The normalized spacial score (nSPS) is 12.8. The van der Waals surface area contributed by atoms with E-state index in [1.54, 1.807) is 6.07 Å². The topological polar surface area (TPSA) is 114 Å². The van der Waals surface area contributed by atoms with Gasteiger partial charge in [-0.3, -0.25) is 10.1 Å². The largest absolute Gasteiger partial charge is 0.490 e. The molecule has 108 valence electrons. The van der Waals surface area contributed by atoms with Crippen molar-refractivity contribution in [1.29, 1.82) is 5.26 Å². The second-order valence-corrected chi connectivity index (χ2v) is 5.91. The van der Waals surface area contributed by atoms with E-state index in [9.17, 15) is 18.5 Å². The Bertz CT molecular complexity index is 665. The number of rotatable bonds is 5. The van der Waals surface area contributed by atoms with Crippen molar-refractivity contribution in [2.24, 2.45) is 0 Å². The fourth-order valence-electron chi connectivity index (χ4n) is 1.43. The summed E-state index contributed by atoms with van der Waals surface area (Å²) in [7, 11) is -1.49. The summed E-state index contributed by atoms with van der Waals surface area (Å²) in [6.45, 7) is 1.41. The Hall–Kier alpha value is -2.18. The molecule has 0 saturated carbocycles. The third kappa shape index (κ3) is 2.87. The first-order valence-electron chi connectivity index (χ1n) is 5.45. The first kappa shape index (κ1) is 15.9. The van der Waals surface area contributed by atoms with E-state index < -0.39 is 26.7 Å². The van der Waals surface area contributed by atoms with E-state index in [1.807, 2.05) is 0 Å². The van der Waals surface area contributed by atoms with Gasteiger partial charge in [0.25, 0.3) is 0 Å². The summed E-state index contributed by atoms with van der Waals surface area (Å²) in [5.41, 5.74) is -0.452. The second-order valence-electron chi connectivity index (χ2n) is 3.92.